The zero-order valence-electron chi connectivity index (χ0n) is 32.7. The zero-order valence-corrected chi connectivity index (χ0v) is 33.5. The zero-order chi connectivity index (χ0) is 42.0. The van der Waals surface area contributed by atoms with Crippen molar-refractivity contribution in [2.45, 2.75) is 81.5 Å². The van der Waals surface area contributed by atoms with Crippen LogP contribution in [0.15, 0.2) is 36.4 Å². The molecular weight excluding hydrogens is 782 g/mol. The first-order chi connectivity index (χ1) is 26.8. The van der Waals surface area contributed by atoms with Gasteiger partial charge in [0.25, 0.3) is 0 Å². The summed E-state index contributed by atoms with van der Waals surface area (Å²) in [6, 6.07) is 6.08. The summed E-state index contributed by atoms with van der Waals surface area (Å²) in [6.45, 7) is 8.15. The van der Waals surface area contributed by atoms with E-state index in [1.165, 1.54) is 36.4 Å². The Labute approximate surface area is 340 Å². The molecule has 0 aliphatic carbocycles. The summed E-state index contributed by atoms with van der Waals surface area (Å²) in [6.07, 6.45) is 1.01. The Morgan fingerprint density at radius 2 is 1.52 bits per heavy atom. The Kier molecular flexibility index (Phi) is 14.0. The summed E-state index contributed by atoms with van der Waals surface area (Å²) in [5, 5.41) is 21.0. The van der Waals surface area contributed by atoms with Crippen LogP contribution in [0.3, 0.4) is 0 Å². The Morgan fingerprint density at radius 1 is 0.948 bits per heavy atom. The first-order valence-corrected chi connectivity index (χ1v) is 18.7. The molecule has 58 heavy (non-hydrogen) atoms. The van der Waals surface area contributed by atoms with Crippen molar-refractivity contribution in [3.05, 3.63) is 59.2 Å². The average Bonchev–Trinajstić information content (AvgIpc) is 3.88. The second-order valence-corrected chi connectivity index (χ2v) is 16.5. The number of nitrogens with two attached hydrogens (primary N) is 2. The summed E-state index contributed by atoms with van der Waals surface area (Å²) in [5.41, 5.74) is 10.4. The minimum absolute atomic E-state index is 0. The number of fused-ring (bicyclic) bond motifs is 4. The van der Waals surface area contributed by atoms with E-state index in [0.717, 1.165) is 11.2 Å². The van der Waals surface area contributed by atoms with Crippen LogP contribution in [0.5, 0.6) is 0 Å². The van der Waals surface area contributed by atoms with E-state index in [-0.39, 0.29) is 62.6 Å². The van der Waals surface area contributed by atoms with Gasteiger partial charge < -0.3 is 47.4 Å². The number of benzene rings is 2. The number of halogens is 3. The van der Waals surface area contributed by atoms with E-state index in [2.05, 4.69) is 21.3 Å². The molecule has 0 aromatic heterocycles. The molecule has 2 saturated heterocycles. The molecule has 0 radical (unpaired) electrons. The lowest BCUT2D eigenvalue weighted by Crippen LogP contribution is -2.55. The molecular formula is C39H51ClF2N8O8. The predicted molar refractivity (Wildman–Crippen MR) is 211 cm³/mol. The molecule has 2 aromatic rings. The maximum atomic E-state index is 14.1. The quantitative estimate of drug-likeness (QED) is 0.143. The molecule has 316 valence electrons. The predicted octanol–water partition coefficient (Wildman–Crippen LogP) is 1.64. The fourth-order valence-corrected chi connectivity index (χ4v) is 8.68. The number of carbonyl (C=O) groups is 7. The lowest BCUT2D eigenvalue weighted by atomic mass is 9.79. The molecule has 4 aliphatic rings. The third-order valence-electron chi connectivity index (χ3n) is 11.3. The van der Waals surface area contributed by atoms with Crippen molar-refractivity contribution in [2.24, 2.45) is 23.3 Å². The normalized spacial score (nSPS) is 24.7. The Bertz CT molecular complexity index is 1950. The Balaban J connectivity index is 0.000000324. The maximum absolute atomic E-state index is 14.1. The van der Waals surface area contributed by atoms with Gasteiger partial charge in [-0.3, -0.25) is 29.0 Å². The van der Waals surface area contributed by atoms with Crippen LogP contribution in [-0.2, 0) is 39.6 Å². The van der Waals surface area contributed by atoms with E-state index in [0.29, 0.717) is 48.3 Å². The summed E-state index contributed by atoms with van der Waals surface area (Å²) >= 11 is 0. The molecule has 0 bridgehead atoms. The van der Waals surface area contributed by atoms with Crippen molar-refractivity contribution in [3.8, 4) is 0 Å². The van der Waals surface area contributed by atoms with Gasteiger partial charge in [0.15, 0.2) is 0 Å². The molecule has 0 saturated carbocycles. The highest BCUT2D eigenvalue weighted by Gasteiger charge is 2.56. The topological polar surface area (TPSA) is 246 Å². The number of nitrogens with one attached hydrogen (secondary N) is 4. The lowest BCUT2D eigenvalue weighted by molar-refractivity contribution is -0.123. The van der Waals surface area contributed by atoms with Gasteiger partial charge in [-0.2, -0.15) is 0 Å². The standard InChI is InChI=1S/C27H38FN5O6.C12H12FN3O2.ClH/c1-16(7-17(13-34)10-30-11-19(14-35)33(25(38)39)26(2,3)4)12-32-15-27(9-22(32)23(29)36)20-8-18(28)5-6-21(20)31-24(27)37;13-6-1-2-8-7(3-6)12(11(18)16-8)4-9(10(14)17)15-5-12;/h5-6,8,13-14,16-17,19,22,30H,7,9-12,15H2,1-4H3,(H2,29,36)(H,31,37)(H,38,39);1-3,9,15H,4-5H2,(H2,14,17)(H,16,18);1H/t16?,17-,19?,22-,27-;;/m0../s1. The van der Waals surface area contributed by atoms with Gasteiger partial charge in [0.1, 0.15) is 30.2 Å². The van der Waals surface area contributed by atoms with Crippen molar-refractivity contribution >= 4 is 66.1 Å². The number of hydrogen-bond donors (Lipinski definition) is 7. The molecule has 9 N–H and O–H groups in total. The number of rotatable bonds is 13. The van der Waals surface area contributed by atoms with Crippen molar-refractivity contribution in [1.29, 1.82) is 0 Å². The van der Waals surface area contributed by atoms with Crippen LogP contribution in [-0.4, -0.2) is 114 Å². The number of primary amides is 2. The third kappa shape index (κ3) is 9.14. The number of aldehydes is 2. The van der Waals surface area contributed by atoms with Gasteiger partial charge in [-0.05, 0) is 93.5 Å². The molecule has 5 amide bonds. The SMILES string of the molecule is CC(C[C@H](C=O)CNCC(C=O)N(C(=O)O)C(C)(C)C)CN1C[C@]2(C[C@H]1C(N)=O)C(=O)Nc1ccc(F)cc12.Cl.NC(=O)C1CC2(CN1)C(=O)Nc1ccc(F)cc12. The number of carboxylic acid groups (broad SMARTS) is 1. The van der Waals surface area contributed by atoms with Gasteiger partial charge in [-0.1, -0.05) is 6.92 Å². The summed E-state index contributed by atoms with van der Waals surface area (Å²) in [4.78, 5) is 86.7. The summed E-state index contributed by atoms with van der Waals surface area (Å²) in [7, 11) is 0. The van der Waals surface area contributed by atoms with Crippen LogP contribution in [0.2, 0.25) is 0 Å². The van der Waals surface area contributed by atoms with Gasteiger partial charge in [0, 0.05) is 55.6 Å². The number of nitrogens with zero attached hydrogens (tertiary/aromatic N) is 2. The van der Waals surface area contributed by atoms with E-state index < -0.39 is 70.0 Å². The van der Waals surface area contributed by atoms with Crippen molar-refractivity contribution < 1.29 is 47.4 Å². The van der Waals surface area contributed by atoms with E-state index in [9.17, 15) is 47.4 Å². The second kappa shape index (κ2) is 17.8. The van der Waals surface area contributed by atoms with Crippen LogP contribution in [0.4, 0.5) is 25.0 Å². The minimum Gasteiger partial charge on any atom is -0.465 e. The molecule has 4 heterocycles. The van der Waals surface area contributed by atoms with Gasteiger partial charge in [0.05, 0.1) is 22.9 Å². The second-order valence-electron chi connectivity index (χ2n) is 16.5. The van der Waals surface area contributed by atoms with Crippen molar-refractivity contribution in [2.75, 3.05) is 43.4 Å². The fraction of sp³-hybridized carbons (Fsp3) is 0.513. The van der Waals surface area contributed by atoms with Crippen LogP contribution in [0, 0.1) is 23.5 Å². The first-order valence-electron chi connectivity index (χ1n) is 18.7. The molecule has 2 spiro atoms. The molecule has 7 atom stereocenters. The Morgan fingerprint density at radius 3 is 2.00 bits per heavy atom. The van der Waals surface area contributed by atoms with Crippen LogP contribution in [0.1, 0.15) is 58.1 Å². The van der Waals surface area contributed by atoms with E-state index in [4.69, 9.17) is 11.5 Å². The number of amides is 5. The molecule has 4 unspecified atom stereocenters. The van der Waals surface area contributed by atoms with Gasteiger partial charge in [-0.25, -0.2) is 13.6 Å². The highest BCUT2D eigenvalue weighted by Crippen LogP contribution is 2.47. The highest BCUT2D eigenvalue weighted by atomic mass is 35.5. The van der Waals surface area contributed by atoms with Crippen LogP contribution >= 0.6 is 12.4 Å². The van der Waals surface area contributed by atoms with Gasteiger partial charge in [-0.15, -0.1) is 12.4 Å². The number of hydrogen-bond acceptors (Lipinski definition) is 10. The molecule has 2 aromatic carbocycles. The average molecular weight is 833 g/mol. The van der Waals surface area contributed by atoms with Crippen LogP contribution < -0.4 is 32.7 Å². The van der Waals surface area contributed by atoms with Crippen molar-refractivity contribution in [1.82, 2.24) is 20.4 Å². The number of anilines is 2. The minimum atomic E-state index is -1.21. The number of carbonyl (C=O) groups excluding carboxylic acids is 6. The number of likely N-dealkylation sites (tertiary alicyclic amines) is 1. The summed E-state index contributed by atoms with van der Waals surface area (Å²) in [5.74, 6) is -2.96. The Hall–Kier alpha value is -5.04. The lowest BCUT2D eigenvalue weighted by Gasteiger charge is -2.37. The first kappa shape index (κ1) is 45.7. The molecule has 6 rings (SSSR count). The van der Waals surface area contributed by atoms with E-state index >= 15 is 0 Å². The molecule has 2 fully saturated rings. The van der Waals surface area contributed by atoms with Crippen molar-refractivity contribution in [3.63, 3.8) is 0 Å². The van der Waals surface area contributed by atoms with Gasteiger partial charge in [0.2, 0.25) is 23.6 Å². The fourth-order valence-electron chi connectivity index (χ4n) is 8.68. The smallest absolute Gasteiger partial charge is 0.408 e. The summed E-state index contributed by atoms with van der Waals surface area (Å²) < 4.78 is 27.4. The maximum Gasteiger partial charge on any atom is 0.408 e. The van der Waals surface area contributed by atoms with Crippen LogP contribution in [0.25, 0.3) is 0 Å². The molecule has 4 aliphatic heterocycles. The highest BCUT2D eigenvalue weighted by molar-refractivity contribution is 6.08. The molecule has 19 heteroatoms. The monoisotopic (exact) mass is 832 g/mol. The third-order valence-corrected chi connectivity index (χ3v) is 11.3. The van der Waals surface area contributed by atoms with E-state index in [1.807, 2.05) is 11.8 Å². The van der Waals surface area contributed by atoms with E-state index in [1.54, 1.807) is 20.8 Å². The van der Waals surface area contributed by atoms with Gasteiger partial charge >= 0.3 is 6.09 Å². The molecule has 16 nitrogen and oxygen atoms in total. The largest absolute Gasteiger partial charge is 0.465 e.